The molecule has 28 heavy (non-hydrogen) atoms. The van der Waals surface area contributed by atoms with Crippen molar-refractivity contribution in [1.82, 2.24) is 9.78 Å². The Hall–Kier alpha value is -2.42. The number of ether oxygens (including phenoxy) is 3. The van der Waals surface area contributed by atoms with E-state index in [-0.39, 0.29) is 12.2 Å². The van der Waals surface area contributed by atoms with Gasteiger partial charge in [0.1, 0.15) is 12.4 Å². The molecule has 0 bridgehead atoms. The average Bonchev–Trinajstić information content (AvgIpc) is 3.09. The lowest BCUT2D eigenvalue weighted by molar-refractivity contribution is -0.163. The molecule has 2 aromatic rings. The molecular formula is C20H28N4O4. The summed E-state index contributed by atoms with van der Waals surface area (Å²) >= 11 is 0. The van der Waals surface area contributed by atoms with Gasteiger partial charge < -0.3 is 25.3 Å². The number of hydrogen-bond acceptors (Lipinski definition) is 6. The van der Waals surface area contributed by atoms with Crippen LogP contribution in [0.2, 0.25) is 0 Å². The van der Waals surface area contributed by atoms with Gasteiger partial charge in [-0.2, -0.15) is 5.10 Å². The molecule has 8 nitrogen and oxygen atoms in total. The fourth-order valence-electron chi connectivity index (χ4n) is 3.02. The first kappa shape index (κ1) is 20.3. The molecule has 1 amide bonds. The summed E-state index contributed by atoms with van der Waals surface area (Å²) in [7, 11) is 0. The fourth-order valence-corrected chi connectivity index (χ4v) is 3.02. The Morgan fingerprint density at radius 1 is 1.32 bits per heavy atom. The SMILES string of the molecule is Cc1c(C(=O)Nc2ccc(OCCN)cc2)cnn1CCOC1CCCCO1. The Morgan fingerprint density at radius 2 is 2.14 bits per heavy atom. The predicted molar refractivity (Wildman–Crippen MR) is 105 cm³/mol. The van der Waals surface area contributed by atoms with Crippen LogP contribution in [-0.2, 0) is 16.0 Å². The highest BCUT2D eigenvalue weighted by molar-refractivity contribution is 6.04. The van der Waals surface area contributed by atoms with Crippen LogP contribution >= 0.6 is 0 Å². The molecule has 0 aliphatic carbocycles. The van der Waals surface area contributed by atoms with Crippen molar-refractivity contribution in [3.63, 3.8) is 0 Å². The van der Waals surface area contributed by atoms with Gasteiger partial charge in [-0.1, -0.05) is 0 Å². The number of anilines is 1. The Kier molecular flexibility index (Phi) is 7.41. The molecule has 0 saturated carbocycles. The molecule has 1 aliphatic rings. The third kappa shape index (κ3) is 5.54. The van der Waals surface area contributed by atoms with E-state index in [0.717, 1.165) is 37.3 Å². The Morgan fingerprint density at radius 3 is 2.86 bits per heavy atom. The molecular weight excluding hydrogens is 360 g/mol. The van der Waals surface area contributed by atoms with E-state index in [1.165, 1.54) is 0 Å². The predicted octanol–water partition coefficient (Wildman–Crippen LogP) is 2.32. The number of rotatable bonds is 9. The molecule has 1 fully saturated rings. The highest BCUT2D eigenvalue weighted by Gasteiger charge is 2.16. The van der Waals surface area contributed by atoms with Crippen molar-refractivity contribution in [2.24, 2.45) is 5.73 Å². The largest absolute Gasteiger partial charge is 0.492 e. The van der Waals surface area contributed by atoms with E-state index in [2.05, 4.69) is 10.4 Å². The van der Waals surface area contributed by atoms with Crippen molar-refractivity contribution >= 4 is 11.6 Å². The third-order valence-corrected chi connectivity index (χ3v) is 4.59. The molecule has 1 aromatic heterocycles. The normalized spacial score (nSPS) is 16.7. The molecule has 1 unspecified atom stereocenters. The molecule has 1 atom stereocenters. The molecule has 0 spiro atoms. The Bertz CT molecular complexity index is 754. The van der Waals surface area contributed by atoms with Crippen molar-refractivity contribution < 1.29 is 19.0 Å². The lowest BCUT2D eigenvalue weighted by atomic mass is 10.2. The van der Waals surface area contributed by atoms with Gasteiger partial charge in [0.05, 0.1) is 24.9 Å². The van der Waals surface area contributed by atoms with Crippen LogP contribution < -0.4 is 15.8 Å². The summed E-state index contributed by atoms with van der Waals surface area (Å²) in [5, 5.41) is 7.19. The Balaban J connectivity index is 1.51. The van der Waals surface area contributed by atoms with Crippen LogP contribution in [0, 0.1) is 6.92 Å². The van der Waals surface area contributed by atoms with Crippen molar-refractivity contribution in [3.05, 3.63) is 41.7 Å². The summed E-state index contributed by atoms with van der Waals surface area (Å²) in [6.45, 7) is 4.63. The minimum Gasteiger partial charge on any atom is -0.492 e. The topological polar surface area (TPSA) is 101 Å². The van der Waals surface area contributed by atoms with Crippen LogP contribution in [0.15, 0.2) is 30.5 Å². The lowest BCUT2D eigenvalue weighted by Crippen LogP contribution is -2.24. The zero-order valence-electron chi connectivity index (χ0n) is 16.2. The van der Waals surface area contributed by atoms with E-state index < -0.39 is 0 Å². The van der Waals surface area contributed by atoms with E-state index in [1.807, 2.05) is 6.92 Å². The highest BCUT2D eigenvalue weighted by Crippen LogP contribution is 2.18. The second-order valence-electron chi connectivity index (χ2n) is 6.65. The number of nitrogens with two attached hydrogens (primary N) is 1. The fraction of sp³-hybridized carbons (Fsp3) is 0.500. The van der Waals surface area contributed by atoms with Gasteiger partial charge in [-0.3, -0.25) is 9.48 Å². The Labute approximate surface area is 164 Å². The summed E-state index contributed by atoms with van der Waals surface area (Å²) in [6, 6.07) is 7.18. The molecule has 1 aliphatic heterocycles. The van der Waals surface area contributed by atoms with E-state index in [9.17, 15) is 4.79 Å². The van der Waals surface area contributed by atoms with Gasteiger partial charge in [0, 0.05) is 24.5 Å². The zero-order chi connectivity index (χ0) is 19.8. The van der Waals surface area contributed by atoms with E-state index >= 15 is 0 Å². The number of carbonyl (C=O) groups excluding carboxylic acids is 1. The van der Waals surface area contributed by atoms with Crippen LogP contribution in [0.4, 0.5) is 5.69 Å². The van der Waals surface area contributed by atoms with Crippen LogP contribution in [0.5, 0.6) is 5.75 Å². The minimum atomic E-state index is -0.198. The number of amides is 1. The van der Waals surface area contributed by atoms with Crippen LogP contribution in [-0.4, -0.2) is 48.3 Å². The van der Waals surface area contributed by atoms with Crippen molar-refractivity contribution in [1.29, 1.82) is 0 Å². The quantitative estimate of drug-likeness (QED) is 0.684. The maximum absolute atomic E-state index is 12.6. The molecule has 0 radical (unpaired) electrons. The van der Waals surface area contributed by atoms with Gasteiger partial charge in [0.15, 0.2) is 6.29 Å². The monoisotopic (exact) mass is 388 g/mol. The van der Waals surface area contributed by atoms with Gasteiger partial charge in [-0.05, 0) is 50.5 Å². The van der Waals surface area contributed by atoms with E-state index in [4.69, 9.17) is 19.9 Å². The van der Waals surface area contributed by atoms with Crippen LogP contribution in [0.1, 0.15) is 35.3 Å². The third-order valence-electron chi connectivity index (χ3n) is 4.59. The maximum atomic E-state index is 12.6. The molecule has 3 N–H and O–H groups in total. The number of nitrogens with zero attached hydrogens (tertiary/aromatic N) is 2. The van der Waals surface area contributed by atoms with Gasteiger partial charge in [0.25, 0.3) is 5.91 Å². The second kappa shape index (κ2) is 10.2. The first-order chi connectivity index (χ1) is 13.7. The lowest BCUT2D eigenvalue weighted by Gasteiger charge is -2.22. The summed E-state index contributed by atoms with van der Waals surface area (Å²) < 4.78 is 18.5. The number of carbonyl (C=O) groups is 1. The zero-order valence-corrected chi connectivity index (χ0v) is 16.2. The van der Waals surface area contributed by atoms with E-state index in [0.29, 0.717) is 37.6 Å². The summed E-state index contributed by atoms with van der Waals surface area (Å²) in [5.74, 6) is 0.519. The van der Waals surface area contributed by atoms with Crippen LogP contribution in [0.3, 0.4) is 0 Å². The van der Waals surface area contributed by atoms with Gasteiger partial charge in [0.2, 0.25) is 0 Å². The average molecular weight is 388 g/mol. The number of nitrogens with one attached hydrogen (secondary N) is 1. The van der Waals surface area contributed by atoms with E-state index in [1.54, 1.807) is 35.1 Å². The first-order valence-corrected chi connectivity index (χ1v) is 9.67. The van der Waals surface area contributed by atoms with Crippen molar-refractivity contribution in [3.8, 4) is 5.75 Å². The number of hydrogen-bond donors (Lipinski definition) is 2. The van der Waals surface area contributed by atoms with Crippen LogP contribution in [0.25, 0.3) is 0 Å². The smallest absolute Gasteiger partial charge is 0.259 e. The second-order valence-corrected chi connectivity index (χ2v) is 6.65. The summed E-state index contributed by atoms with van der Waals surface area (Å²) in [5.41, 5.74) is 7.45. The molecule has 2 heterocycles. The molecule has 152 valence electrons. The molecule has 1 saturated heterocycles. The molecule has 1 aromatic carbocycles. The number of benzene rings is 1. The molecule has 3 rings (SSSR count). The van der Waals surface area contributed by atoms with Crippen molar-refractivity contribution in [2.45, 2.75) is 39.0 Å². The van der Waals surface area contributed by atoms with Gasteiger partial charge >= 0.3 is 0 Å². The van der Waals surface area contributed by atoms with Gasteiger partial charge in [-0.15, -0.1) is 0 Å². The van der Waals surface area contributed by atoms with Crippen molar-refractivity contribution in [2.75, 3.05) is 31.7 Å². The summed E-state index contributed by atoms with van der Waals surface area (Å²) in [4.78, 5) is 12.6. The molecule has 8 heteroatoms. The summed E-state index contributed by atoms with van der Waals surface area (Å²) in [6.07, 6.45) is 4.63. The maximum Gasteiger partial charge on any atom is 0.259 e. The number of aromatic nitrogens is 2. The highest BCUT2D eigenvalue weighted by atomic mass is 16.7. The van der Waals surface area contributed by atoms with Gasteiger partial charge in [-0.25, -0.2) is 0 Å². The minimum absolute atomic E-state index is 0.121. The standard InChI is InChI=1S/C20H28N4O4/c1-15-18(14-22-24(15)10-13-28-19-4-2-3-11-27-19)20(25)23-16-5-7-17(8-6-16)26-12-9-21/h5-8,14,19H,2-4,9-13,21H2,1H3,(H,23,25). The first-order valence-electron chi connectivity index (χ1n) is 9.67.